The van der Waals surface area contributed by atoms with Crippen molar-refractivity contribution >= 4 is 85.6 Å². The summed E-state index contributed by atoms with van der Waals surface area (Å²) in [6.07, 6.45) is 0. The molecule has 0 atom stereocenters. The summed E-state index contributed by atoms with van der Waals surface area (Å²) >= 11 is 1.81. The number of rotatable bonds is 4. The molecule has 9 aromatic carbocycles. The largest absolute Gasteiger partial charge is 0.309 e. The van der Waals surface area contributed by atoms with E-state index in [0.29, 0.717) is 17.5 Å². The van der Waals surface area contributed by atoms with Gasteiger partial charge in [0.1, 0.15) is 0 Å². The van der Waals surface area contributed by atoms with Gasteiger partial charge >= 0.3 is 0 Å². The van der Waals surface area contributed by atoms with Gasteiger partial charge in [0.25, 0.3) is 0 Å². The van der Waals surface area contributed by atoms with E-state index in [-0.39, 0.29) is 0 Å². The van der Waals surface area contributed by atoms with E-state index >= 15 is 0 Å². The summed E-state index contributed by atoms with van der Waals surface area (Å²) in [5.74, 6) is 1.98. The highest BCUT2D eigenvalue weighted by Crippen LogP contribution is 2.45. The molecule has 12 rings (SSSR count). The average molecular weight is 731 g/mol. The Hall–Kier alpha value is -7.21. The van der Waals surface area contributed by atoms with Gasteiger partial charge in [-0.3, -0.25) is 0 Å². The maximum atomic E-state index is 5.27. The number of fused-ring (bicyclic) bond motifs is 10. The third-order valence-electron chi connectivity index (χ3n) is 11.2. The van der Waals surface area contributed by atoms with Crippen LogP contribution in [0.1, 0.15) is 0 Å². The van der Waals surface area contributed by atoms with E-state index in [9.17, 15) is 0 Å². The van der Waals surface area contributed by atoms with Crippen molar-refractivity contribution in [2.75, 3.05) is 0 Å². The zero-order chi connectivity index (χ0) is 36.7. The molecule has 4 nitrogen and oxygen atoms in total. The first-order valence-corrected chi connectivity index (χ1v) is 19.7. The molecule has 0 bridgehead atoms. The number of aromatic nitrogens is 4. The van der Waals surface area contributed by atoms with Gasteiger partial charge in [0, 0.05) is 53.3 Å². The van der Waals surface area contributed by atoms with Gasteiger partial charge in [0.2, 0.25) is 0 Å². The molecule has 3 aromatic heterocycles. The first-order valence-electron chi connectivity index (χ1n) is 18.8. The van der Waals surface area contributed by atoms with Gasteiger partial charge in [-0.05, 0) is 74.8 Å². The van der Waals surface area contributed by atoms with Gasteiger partial charge in [-0.25, -0.2) is 15.0 Å². The lowest BCUT2D eigenvalue weighted by atomic mass is 9.99. The van der Waals surface area contributed by atoms with Crippen molar-refractivity contribution in [3.8, 4) is 39.9 Å². The Bertz CT molecular complexity index is 3540. The van der Waals surface area contributed by atoms with Crippen LogP contribution in [-0.4, -0.2) is 19.5 Å². The van der Waals surface area contributed by atoms with Gasteiger partial charge in [0.15, 0.2) is 17.5 Å². The monoisotopic (exact) mass is 730 g/mol. The number of hydrogen-bond donors (Lipinski definition) is 0. The van der Waals surface area contributed by atoms with E-state index in [4.69, 9.17) is 15.0 Å². The third kappa shape index (κ3) is 4.81. The van der Waals surface area contributed by atoms with Crippen LogP contribution in [0.15, 0.2) is 182 Å². The quantitative estimate of drug-likeness (QED) is 0.181. The lowest BCUT2D eigenvalue weighted by Crippen LogP contribution is -2.00. The van der Waals surface area contributed by atoms with Crippen LogP contribution in [-0.2, 0) is 0 Å². The van der Waals surface area contributed by atoms with Gasteiger partial charge < -0.3 is 4.57 Å². The van der Waals surface area contributed by atoms with E-state index in [1.54, 1.807) is 0 Å². The topological polar surface area (TPSA) is 43.6 Å². The van der Waals surface area contributed by atoms with E-state index in [1.807, 2.05) is 29.5 Å². The molecule has 0 unspecified atom stereocenters. The van der Waals surface area contributed by atoms with Crippen molar-refractivity contribution in [3.05, 3.63) is 182 Å². The Morgan fingerprint density at radius 3 is 1.84 bits per heavy atom. The molecule has 260 valence electrons. The normalized spacial score (nSPS) is 11.9. The summed E-state index contributed by atoms with van der Waals surface area (Å²) in [6, 6.07) is 65.0. The SMILES string of the molecule is c1ccc(-c2nc(-c3ccc4ccccc4c3)nc(-c3cc4ccccc4c4c3sc3cc(-n5c6ccccc6c6cc7ccccc7cc65)ccc34)n2)cc1. The van der Waals surface area contributed by atoms with E-state index < -0.39 is 0 Å². The van der Waals surface area contributed by atoms with Crippen LogP contribution in [0.2, 0.25) is 0 Å². The predicted molar refractivity (Wildman–Crippen MR) is 236 cm³/mol. The van der Waals surface area contributed by atoms with Gasteiger partial charge in [-0.15, -0.1) is 11.3 Å². The number of nitrogens with zero attached hydrogens (tertiary/aromatic N) is 4. The van der Waals surface area contributed by atoms with Crippen LogP contribution in [0.4, 0.5) is 0 Å². The molecule has 0 spiro atoms. The van der Waals surface area contributed by atoms with Gasteiger partial charge in [-0.2, -0.15) is 0 Å². The molecular formula is C51H30N4S. The van der Waals surface area contributed by atoms with Crippen LogP contribution < -0.4 is 0 Å². The molecule has 12 aromatic rings. The minimum atomic E-state index is 0.655. The number of hydrogen-bond acceptors (Lipinski definition) is 4. The van der Waals surface area contributed by atoms with Crippen molar-refractivity contribution in [2.45, 2.75) is 0 Å². The summed E-state index contributed by atoms with van der Waals surface area (Å²) in [4.78, 5) is 15.6. The van der Waals surface area contributed by atoms with Gasteiger partial charge in [-0.1, -0.05) is 140 Å². The van der Waals surface area contributed by atoms with Crippen LogP contribution in [0, 0.1) is 0 Å². The lowest BCUT2D eigenvalue weighted by Gasteiger charge is -2.11. The summed E-state index contributed by atoms with van der Waals surface area (Å²) in [6.45, 7) is 0. The smallest absolute Gasteiger partial charge is 0.165 e. The molecule has 5 heteroatoms. The highest BCUT2D eigenvalue weighted by atomic mass is 32.1. The van der Waals surface area contributed by atoms with Gasteiger partial charge in [0.05, 0.1) is 11.0 Å². The van der Waals surface area contributed by atoms with Crippen LogP contribution in [0.3, 0.4) is 0 Å². The molecule has 56 heavy (non-hydrogen) atoms. The zero-order valence-electron chi connectivity index (χ0n) is 30.0. The molecule has 0 aliphatic heterocycles. The number of benzene rings is 9. The molecular weight excluding hydrogens is 701 g/mol. The maximum absolute atomic E-state index is 5.27. The molecule has 0 radical (unpaired) electrons. The van der Waals surface area contributed by atoms with E-state index in [0.717, 1.165) is 33.2 Å². The van der Waals surface area contributed by atoms with Crippen molar-refractivity contribution in [1.82, 2.24) is 19.5 Å². The fourth-order valence-corrected chi connectivity index (χ4v) is 9.78. The summed E-state index contributed by atoms with van der Waals surface area (Å²) in [7, 11) is 0. The van der Waals surface area contributed by atoms with Crippen LogP contribution in [0.5, 0.6) is 0 Å². The highest BCUT2D eigenvalue weighted by Gasteiger charge is 2.21. The molecule has 3 heterocycles. The Labute approximate surface area is 325 Å². The van der Waals surface area contributed by atoms with Crippen LogP contribution >= 0.6 is 11.3 Å². The molecule has 0 aliphatic rings. The predicted octanol–water partition coefficient (Wildman–Crippen LogP) is 13.8. The summed E-state index contributed by atoms with van der Waals surface area (Å²) in [5.41, 5.74) is 6.46. The standard InChI is InChI=1S/C51H30N4S/c1-2-13-32(14-3-1)49-52-50(37-23-22-31-12-4-5-15-33(31)26-37)54-51(53-49)43-28-36-18-8-9-19-39(36)47-41-25-24-38(30-46(41)56-48(43)47)55-44-21-11-10-20-40(44)42-27-34-16-6-7-17-35(34)29-45(42)55/h1-30H. The molecule has 0 saturated carbocycles. The first-order chi connectivity index (χ1) is 27.7. The average Bonchev–Trinajstić information content (AvgIpc) is 3.81. The highest BCUT2D eigenvalue weighted by molar-refractivity contribution is 7.26. The fourth-order valence-electron chi connectivity index (χ4n) is 8.52. The number of thiophene rings is 1. The molecule has 0 aliphatic carbocycles. The molecule has 0 fully saturated rings. The molecule has 0 amide bonds. The van der Waals surface area contributed by atoms with E-state index in [2.05, 4.69) is 168 Å². The minimum Gasteiger partial charge on any atom is -0.309 e. The van der Waals surface area contributed by atoms with Crippen molar-refractivity contribution < 1.29 is 0 Å². The maximum Gasteiger partial charge on any atom is 0.165 e. The van der Waals surface area contributed by atoms with Crippen LogP contribution in [0.25, 0.3) is 114 Å². The Morgan fingerprint density at radius 2 is 1.02 bits per heavy atom. The molecule has 0 N–H and O–H groups in total. The second-order valence-corrected chi connectivity index (χ2v) is 15.5. The Kier molecular flexibility index (Phi) is 6.76. The van der Waals surface area contributed by atoms with Crippen molar-refractivity contribution in [2.24, 2.45) is 0 Å². The fraction of sp³-hybridized carbons (Fsp3) is 0. The lowest BCUT2D eigenvalue weighted by molar-refractivity contribution is 1.08. The summed E-state index contributed by atoms with van der Waals surface area (Å²) < 4.78 is 4.81. The first kappa shape index (κ1) is 31.2. The van der Waals surface area contributed by atoms with Crippen molar-refractivity contribution in [1.29, 1.82) is 0 Å². The van der Waals surface area contributed by atoms with Crippen molar-refractivity contribution in [3.63, 3.8) is 0 Å². The van der Waals surface area contributed by atoms with E-state index in [1.165, 1.54) is 63.5 Å². The minimum absolute atomic E-state index is 0.655. The number of para-hydroxylation sites is 1. The third-order valence-corrected chi connectivity index (χ3v) is 12.3. The second kappa shape index (κ2) is 12.2. The molecule has 0 saturated heterocycles. The summed E-state index contributed by atoms with van der Waals surface area (Å²) in [5, 5.41) is 12.2. The second-order valence-electron chi connectivity index (χ2n) is 14.4. The Balaban J connectivity index is 1.12. The zero-order valence-corrected chi connectivity index (χ0v) is 30.8. The Morgan fingerprint density at radius 1 is 0.375 bits per heavy atom.